The van der Waals surface area contributed by atoms with Gasteiger partial charge in [0.15, 0.2) is 11.2 Å². The Morgan fingerprint density at radius 2 is 1.93 bits per heavy atom. The highest BCUT2D eigenvalue weighted by Crippen LogP contribution is 2.26. The number of H-pyrrole nitrogens is 1. The van der Waals surface area contributed by atoms with Crippen LogP contribution in [0.1, 0.15) is 33.1 Å². The Balaban J connectivity index is 2.34. The fraction of sp³-hybridized carbons (Fsp3) is 0.389. The van der Waals surface area contributed by atoms with Gasteiger partial charge in [-0.25, -0.2) is 9.78 Å². The molecule has 0 radical (unpaired) electrons. The number of hydrogen-bond donors (Lipinski definition) is 1. The summed E-state index contributed by atoms with van der Waals surface area (Å²) in [5.41, 5.74) is 0.108. The van der Waals surface area contributed by atoms with Crippen LogP contribution < -0.4 is 11.2 Å². The van der Waals surface area contributed by atoms with Gasteiger partial charge in [0.1, 0.15) is 5.82 Å². The number of aryl methyl sites for hydroxylation is 2. The van der Waals surface area contributed by atoms with Crippen molar-refractivity contribution in [1.29, 1.82) is 0 Å². The summed E-state index contributed by atoms with van der Waals surface area (Å²) in [6.45, 7) is 4.91. The van der Waals surface area contributed by atoms with Crippen LogP contribution in [-0.4, -0.2) is 24.0 Å². The number of imidazole rings is 1. The summed E-state index contributed by atoms with van der Waals surface area (Å²) < 4.78 is 3.20. The van der Waals surface area contributed by atoms with Crippen LogP contribution in [-0.2, 0) is 13.1 Å². The number of aromatic nitrogens is 4. The molecule has 0 fully saturated rings. The standard InChI is InChI=1S/C18H21N5O4/c1-3-5-10-21-14-16(22(9-4-2)18(25)20-17(14)24)19-15(21)12-7-6-8-13(11-12)23(26)27/h6-8,11H,3-5,9-10H2,1-2H3,(H,20,24,25). The zero-order chi connectivity index (χ0) is 19.6. The normalized spacial score (nSPS) is 11.2. The maximum atomic E-state index is 12.5. The molecular weight excluding hydrogens is 350 g/mol. The number of non-ortho nitro benzene ring substituents is 1. The van der Waals surface area contributed by atoms with E-state index in [0.29, 0.717) is 42.1 Å². The van der Waals surface area contributed by atoms with E-state index >= 15 is 0 Å². The molecular formula is C18H21N5O4. The van der Waals surface area contributed by atoms with Gasteiger partial charge in [-0.3, -0.25) is 24.5 Å². The van der Waals surface area contributed by atoms with Crippen LogP contribution in [0.2, 0.25) is 0 Å². The first-order valence-electron chi connectivity index (χ1n) is 8.96. The fourth-order valence-electron chi connectivity index (χ4n) is 3.12. The molecule has 3 aromatic rings. The van der Waals surface area contributed by atoms with Crippen molar-refractivity contribution in [2.75, 3.05) is 0 Å². The van der Waals surface area contributed by atoms with Crippen LogP contribution in [0.4, 0.5) is 5.69 Å². The number of hydrogen-bond acceptors (Lipinski definition) is 5. The fourth-order valence-corrected chi connectivity index (χ4v) is 3.12. The van der Waals surface area contributed by atoms with Crippen molar-refractivity contribution in [3.8, 4) is 11.4 Å². The maximum Gasteiger partial charge on any atom is 0.330 e. The molecule has 1 aromatic carbocycles. The summed E-state index contributed by atoms with van der Waals surface area (Å²) in [4.78, 5) is 42.3. The second kappa shape index (κ2) is 7.56. The van der Waals surface area contributed by atoms with E-state index < -0.39 is 16.2 Å². The molecule has 27 heavy (non-hydrogen) atoms. The molecule has 142 valence electrons. The van der Waals surface area contributed by atoms with Gasteiger partial charge >= 0.3 is 5.69 Å². The molecule has 1 N–H and O–H groups in total. The number of nitro groups is 1. The minimum Gasteiger partial charge on any atom is -0.318 e. The van der Waals surface area contributed by atoms with Crippen LogP contribution in [0.25, 0.3) is 22.6 Å². The molecule has 2 aromatic heterocycles. The number of nitro benzene ring substituents is 1. The summed E-state index contributed by atoms with van der Waals surface area (Å²) in [5, 5.41) is 11.1. The van der Waals surface area contributed by atoms with E-state index in [1.165, 1.54) is 16.7 Å². The van der Waals surface area contributed by atoms with Crippen LogP contribution in [0.3, 0.4) is 0 Å². The van der Waals surface area contributed by atoms with Gasteiger partial charge in [0.05, 0.1) is 4.92 Å². The lowest BCUT2D eigenvalue weighted by atomic mass is 10.2. The van der Waals surface area contributed by atoms with E-state index in [0.717, 1.165) is 12.8 Å². The van der Waals surface area contributed by atoms with Crippen molar-refractivity contribution in [2.45, 2.75) is 46.2 Å². The van der Waals surface area contributed by atoms with E-state index in [1.54, 1.807) is 16.7 Å². The van der Waals surface area contributed by atoms with Crippen LogP contribution in [0.5, 0.6) is 0 Å². The number of rotatable bonds is 7. The average molecular weight is 371 g/mol. The van der Waals surface area contributed by atoms with Gasteiger partial charge in [-0.2, -0.15) is 0 Å². The van der Waals surface area contributed by atoms with E-state index in [9.17, 15) is 19.7 Å². The Hall–Kier alpha value is -3.23. The third kappa shape index (κ3) is 3.40. The molecule has 0 bridgehead atoms. The summed E-state index contributed by atoms with van der Waals surface area (Å²) >= 11 is 0. The first-order chi connectivity index (χ1) is 13.0. The van der Waals surface area contributed by atoms with Gasteiger partial charge in [0, 0.05) is 30.8 Å². The molecule has 0 aliphatic rings. The number of unbranched alkanes of at least 4 members (excludes halogenated alkanes) is 1. The van der Waals surface area contributed by atoms with Gasteiger partial charge in [0.25, 0.3) is 11.2 Å². The van der Waals surface area contributed by atoms with Crippen molar-refractivity contribution < 1.29 is 4.92 Å². The van der Waals surface area contributed by atoms with Gasteiger partial charge in [-0.15, -0.1) is 0 Å². The number of benzene rings is 1. The monoisotopic (exact) mass is 371 g/mol. The van der Waals surface area contributed by atoms with Crippen LogP contribution in [0.15, 0.2) is 33.9 Å². The third-order valence-corrected chi connectivity index (χ3v) is 4.38. The molecule has 9 nitrogen and oxygen atoms in total. The summed E-state index contributed by atoms with van der Waals surface area (Å²) in [7, 11) is 0. The zero-order valence-corrected chi connectivity index (χ0v) is 15.3. The highest BCUT2D eigenvalue weighted by atomic mass is 16.6. The first kappa shape index (κ1) is 18.6. The smallest absolute Gasteiger partial charge is 0.318 e. The Labute approximate surface area is 154 Å². The number of nitrogens with zero attached hydrogens (tertiary/aromatic N) is 4. The van der Waals surface area contributed by atoms with E-state index in [4.69, 9.17) is 0 Å². The van der Waals surface area contributed by atoms with E-state index in [-0.39, 0.29) is 5.69 Å². The van der Waals surface area contributed by atoms with Crippen molar-refractivity contribution in [3.63, 3.8) is 0 Å². The van der Waals surface area contributed by atoms with Crippen molar-refractivity contribution in [1.82, 2.24) is 19.1 Å². The number of nitrogens with one attached hydrogen (secondary N) is 1. The van der Waals surface area contributed by atoms with Crippen LogP contribution in [0, 0.1) is 10.1 Å². The third-order valence-electron chi connectivity index (χ3n) is 4.38. The number of fused-ring (bicyclic) bond motifs is 1. The average Bonchev–Trinajstić information content (AvgIpc) is 3.03. The lowest BCUT2D eigenvalue weighted by molar-refractivity contribution is -0.384. The molecule has 0 saturated heterocycles. The Morgan fingerprint density at radius 1 is 1.15 bits per heavy atom. The molecule has 9 heteroatoms. The summed E-state index contributed by atoms with van der Waals surface area (Å²) in [6, 6.07) is 6.13. The largest absolute Gasteiger partial charge is 0.330 e. The minimum atomic E-state index is -0.500. The maximum absolute atomic E-state index is 12.5. The Morgan fingerprint density at radius 3 is 2.59 bits per heavy atom. The van der Waals surface area contributed by atoms with E-state index in [2.05, 4.69) is 9.97 Å². The molecule has 0 aliphatic carbocycles. The molecule has 0 aliphatic heterocycles. The molecule has 0 saturated carbocycles. The SMILES string of the molecule is CCCCn1c(-c2cccc([N+](=O)[O-])c2)nc2c1c(=O)[nH]c(=O)n2CCC. The minimum absolute atomic E-state index is 0.0542. The molecule has 2 heterocycles. The number of aromatic amines is 1. The first-order valence-corrected chi connectivity index (χ1v) is 8.96. The lowest BCUT2D eigenvalue weighted by Crippen LogP contribution is -2.31. The molecule has 0 unspecified atom stereocenters. The Kier molecular flexibility index (Phi) is 5.20. The molecule has 3 rings (SSSR count). The molecule has 0 spiro atoms. The highest BCUT2D eigenvalue weighted by molar-refractivity contribution is 5.77. The predicted molar refractivity (Wildman–Crippen MR) is 102 cm³/mol. The summed E-state index contributed by atoms with van der Waals surface area (Å²) in [6.07, 6.45) is 2.41. The van der Waals surface area contributed by atoms with Crippen molar-refractivity contribution >= 4 is 16.9 Å². The van der Waals surface area contributed by atoms with Gasteiger partial charge in [0.2, 0.25) is 0 Å². The topological polar surface area (TPSA) is 116 Å². The van der Waals surface area contributed by atoms with Crippen molar-refractivity contribution in [3.05, 3.63) is 55.2 Å². The quantitative estimate of drug-likeness (QED) is 0.506. The lowest BCUT2D eigenvalue weighted by Gasteiger charge is -2.08. The molecule has 0 atom stereocenters. The van der Waals surface area contributed by atoms with Gasteiger partial charge in [-0.1, -0.05) is 32.4 Å². The van der Waals surface area contributed by atoms with E-state index in [1.807, 2.05) is 13.8 Å². The van der Waals surface area contributed by atoms with Crippen LogP contribution >= 0.6 is 0 Å². The predicted octanol–water partition coefficient (Wildman–Crippen LogP) is 2.67. The second-order valence-corrected chi connectivity index (χ2v) is 6.33. The van der Waals surface area contributed by atoms with Crippen molar-refractivity contribution in [2.24, 2.45) is 0 Å². The Bertz CT molecular complexity index is 1110. The van der Waals surface area contributed by atoms with Gasteiger partial charge < -0.3 is 4.57 Å². The highest BCUT2D eigenvalue weighted by Gasteiger charge is 2.20. The van der Waals surface area contributed by atoms with Gasteiger partial charge in [-0.05, 0) is 12.8 Å². The summed E-state index contributed by atoms with van der Waals surface area (Å²) in [5.74, 6) is 0.447. The second-order valence-electron chi connectivity index (χ2n) is 6.33. The zero-order valence-electron chi connectivity index (χ0n) is 15.3. The molecule has 0 amide bonds.